The van der Waals surface area contributed by atoms with Crippen molar-refractivity contribution in [2.24, 2.45) is 0 Å². The third-order valence-corrected chi connectivity index (χ3v) is 3.69. The van der Waals surface area contributed by atoms with Crippen LogP contribution in [-0.4, -0.2) is 16.2 Å². The second-order valence-corrected chi connectivity index (χ2v) is 5.55. The molecule has 7 heteroatoms. The summed E-state index contributed by atoms with van der Waals surface area (Å²) in [5, 5.41) is 8.67. The molecule has 0 aliphatic heterocycles. The fourth-order valence-corrected chi connectivity index (χ4v) is 2.54. The Morgan fingerprint density at radius 3 is 2.68 bits per heavy atom. The van der Waals surface area contributed by atoms with Crippen LogP contribution in [0.2, 0.25) is 0 Å². The molecule has 0 amide bonds. The van der Waals surface area contributed by atoms with E-state index in [0.717, 1.165) is 16.7 Å². The molecule has 0 aliphatic carbocycles. The first-order valence-corrected chi connectivity index (χ1v) is 7.65. The summed E-state index contributed by atoms with van der Waals surface area (Å²) in [4.78, 5) is 12.1. The maximum absolute atomic E-state index is 12.1. The van der Waals surface area contributed by atoms with Crippen molar-refractivity contribution >= 4 is 16.9 Å². The zero-order chi connectivity index (χ0) is 17.4. The number of nitrogens with zero attached hydrogens (tertiary/aromatic N) is 2. The smallest absolute Gasteiger partial charge is 0.374 e. The minimum Gasteiger partial charge on any atom is -0.466 e. The Kier molecular flexibility index (Phi) is 3.61. The van der Waals surface area contributed by atoms with Crippen molar-refractivity contribution in [3.05, 3.63) is 59.6 Å². The lowest BCUT2D eigenvalue weighted by Gasteiger charge is -1.98. The van der Waals surface area contributed by atoms with Gasteiger partial charge in [-0.05, 0) is 32.0 Å². The van der Waals surface area contributed by atoms with Crippen molar-refractivity contribution in [2.75, 3.05) is 0 Å². The fraction of sp³-hybridized carbons (Fsp3) is 0.167. The second kappa shape index (κ2) is 5.94. The van der Waals surface area contributed by atoms with E-state index >= 15 is 0 Å². The van der Waals surface area contributed by atoms with Crippen LogP contribution in [0.4, 0.5) is 0 Å². The summed E-state index contributed by atoms with van der Waals surface area (Å²) < 4.78 is 21.6. The number of hydrogen-bond acceptors (Lipinski definition) is 7. The zero-order valence-corrected chi connectivity index (χ0v) is 13.6. The first-order chi connectivity index (χ1) is 12.1. The molecule has 0 aliphatic rings. The zero-order valence-electron chi connectivity index (χ0n) is 13.6. The highest BCUT2D eigenvalue weighted by molar-refractivity contribution is 5.92. The molecule has 3 heterocycles. The highest BCUT2D eigenvalue weighted by Gasteiger charge is 2.18. The molecule has 0 fully saturated rings. The van der Waals surface area contributed by atoms with Gasteiger partial charge in [-0.2, -0.15) is 0 Å². The lowest BCUT2D eigenvalue weighted by Crippen LogP contribution is -2.04. The Hall–Kier alpha value is -3.35. The number of hydrogen-bond donors (Lipinski definition) is 0. The quantitative estimate of drug-likeness (QED) is 0.518. The summed E-state index contributed by atoms with van der Waals surface area (Å²) in [6.45, 7) is 3.51. The Labute approximate surface area is 142 Å². The molecule has 4 rings (SSSR count). The van der Waals surface area contributed by atoms with Crippen LogP contribution >= 0.6 is 0 Å². The monoisotopic (exact) mass is 338 g/mol. The highest BCUT2D eigenvalue weighted by Crippen LogP contribution is 2.25. The topological polar surface area (TPSA) is 91.5 Å². The van der Waals surface area contributed by atoms with E-state index < -0.39 is 5.97 Å². The Morgan fingerprint density at radius 2 is 1.92 bits per heavy atom. The Bertz CT molecular complexity index is 1020. The number of carbonyl (C=O) groups is 1. The number of para-hydroxylation sites is 1. The summed E-state index contributed by atoms with van der Waals surface area (Å²) in [7, 11) is 0. The van der Waals surface area contributed by atoms with Gasteiger partial charge in [0.2, 0.25) is 5.76 Å². The first-order valence-electron chi connectivity index (χ1n) is 7.65. The first kappa shape index (κ1) is 15.2. The molecule has 126 valence electrons. The molecule has 25 heavy (non-hydrogen) atoms. The molecular formula is C18H14N2O5. The van der Waals surface area contributed by atoms with Crippen LogP contribution in [0.15, 0.2) is 49.6 Å². The van der Waals surface area contributed by atoms with Crippen LogP contribution in [0.25, 0.3) is 22.4 Å². The molecule has 0 saturated carbocycles. The van der Waals surface area contributed by atoms with Crippen molar-refractivity contribution in [2.45, 2.75) is 20.5 Å². The Morgan fingerprint density at radius 1 is 1.08 bits per heavy atom. The van der Waals surface area contributed by atoms with Crippen LogP contribution in [0, 0.1) is 13.8 Å². The van der Waals surface area contributed by atoms with Gasteiger partial charge < -0.3 is 18.0 Å². The van der Waals surface area contributed by atoms with Crippen molar-refractivity contribution in [1.82, 2.24) is 10.2 Å². The van der Waals surface area contributed by atoms with Crippen molar-refractivity contribution < 1.29 is 22.8 Å². The van der Waals surface area contributed by atoms with E-state index in [0.29, 0.717) is 17.2 Å². The molecule has 0 unspecified atom stereocenters. The third kappa shape index (κ3) is 2.91. The summed E-state index contributed by atoms with van der Waals surface area (Å²) in [5.74, 6) is 1.49. The summed E-state index contributed by atoms with van der Waals surface area (Å²) in [6.07, 6.45) is 0. The minimum atomic E-state index is -0.591. The second-order valence-electron chi connectivity index (χ2n) is 5.55. The average molecular weight is 338 g/mol. The maximum Gasteiger partial charge on any atom is 0.374 e. The third-order valence-electron chi connectivity index (χ3n) is 3.69. The van der Waals surface area contributed by atoms with Crippen LogP contribution in [0.1, 0.15) is 28.0 Å². The molecule has 0 atom stereocenters. The fourth-order valence-electron chi connectivity index (χ4n) is 2.54. The van der Waals surface area contributed by atoms with Crippen LogP contribution < -0.4 is 0 Å². The van der Waals surface area contributed by atoms with E-state index in [-0.39, 0.29) is 18.3 Å². The molecule has 0 saturated heterocycles. The molecule has 0 N–H and O–H groups in total. The summed E-state index contributed by atoms with van der Waals surface area (Å²) in [5.41, 5.74) is 1.35. The van der Waals surface area contributed by atoms with Gasteiger partial charge in [-0.1, -0.05) is 18.2 Å². The van der Waals surface area contributed by atoms with E-state index in [2.05, 4.69) is 10.2 Å². The van der Waals surface area contributed by atoms with Gasteiger partial charge in [0.25, 0.3) is 11.8 Å². The molecule has 3 aromatic heterocycles. The van der Waals surface area contributed by atoms with E-state index in [9.17, 15) is 4.79 Å². The number of carbonyl (C=O) groups excluding carboxylic acids is 1. The average Bonchev–Trinajstić information content (AvgIpc) is 3.30. The number of rotatable bonds is 4. The highest BCUT2D eigenvalue weighted by atomic mass is 16.6. The number of benzene rings is 1. The summed E-state index contributed by atoms with van der Waals surface area (Å²) in [6, 6.07) is 10.8. The largest absolute Gasteiger partial charge is 0.466 e. The van der Waals surface area contributed by atoms with E-state index in [1.54, 1.807) is 12.1 Å². The number of aromatic nitrogens is 2. The van der Waals surface area contributed by atoms with Gasteiger partial charge in [0.15, 0.2) is 6.61 Å². The number of esters is 1. The van der Waals surface area contributed by atoms with Crippen LogP contribution in [-0.2, 0) is 11.3 Å². The van der Waals surface area contributed by atoms with E-state index in [1.165, 1.54) is 0 Å². The number of aryl methyl sites for hydroxylation is 2. The van der Waals surface area contributed by atoms with Gasteiger partial charge in [0, 0.05) is 5.39 Å². The summed E-state index contributed by atoms with van der Waals surface area (Å²) >= 11 is 0. The lowest BCUT2D eigenvalue weighted by atomic mass is 10.2. The predicted molar refractivity (Wildman–Crippen MR) is 86.8 cm³/mol. The van der Waals surface area contributed by atoms with Gasteiger partial charge in [-0.15, -0.1) is 10.2 Å². The minimum absolute atomic E-state index is 0.127. The Balaban J connectivity index is 1.46. The molecule has 1 aromatic carbocycles. The molecule has 7 nitrogen and oxygen atoms in total. The number of furan rings is 2. The number of fused-ring (bicyclic) bond motifs is 1. The standard InChI is InChI=1S/C18H14N2O5/c1-10-7-13(11(2)23-10)17-20-19-16(25-17)9-22-18(21)15-8-12-5-3-4-6-14(12)24-15/h3-8H,9H2,1-2H3. The van der Waals surface area contributed by atoms with Crippen molar-refractivity contribution in [3.8, 4) is 11.5 Å². The van der Waals surface area contributed by atoms with Gasteiger partial charge in [-0.3, -0.25) is 0 Å². The van der Waals surface area contributed by atoms with Gasteiger partial charge >= 0.3 is 5.97 Å². The van der Waals surface area contributed by atoms with E-state index in [4.69, 9.17) is 18.0 Å². The molecule has 0 bridgehead atoms. The molecule has 0 radical (unpaired) electrons. The maximum atomic E-state index is 12.1. The normalized spacial score (nSPS) is 11.1. The van der Waals surface area contributed by atoms with Crippen molar-refractivity contribution in [3.63, 3.8) is 0 Å². The van der Waals surface area contributed by atoms with Crippen molar-refractivity contribution in [1.29, 1.82) is 0 Å². The van der Waals surface area contributed by atoms with Crippen LogP contribution in [0.3, 0.4) is 0 Å². The molecular weight excluding hydrogens is 324 g/mol. The SMILES string of the molecule is Cc1cc(-c2nnc(COC(=O)c3cc4ccccc4o3)o2)c(C)o1. The number of ether oxygens (including phenoxy) is 1. The molecule has 4 aromatic rings. The predicted octanol–water partition coefficient (Wildman–Crippen LogP) is 4.05. The van der Waals surface area contributed by atoms with Gasteiger partial charge in [0.05, 0.1) is 5.56 Å². The van der Waals surface area contributed by atoms with E-state index in [1.807, 2.05) is 38.1 Å². The van der Waals surface area contributed by atoms with Gasteiger partial charge in [-0.25, -0.2) is 4.79 Å². The van der Waals surface area contributed by atoms with Crippen LogP contribution in [0.5, 0.6) is 0 Å². The molecule has 0 spiro atoms. The lowest BCUT2D eigenvalue weighted by molar-refractivity contribution is 0.0405. The van der Waals surface area contributed by atoms with Gasteiger partial charge in [0.1, 0.15) is 17.1 Å².